The summed E-state index contributed by atoms with van der Waals surface area (Å²) in [5, 5.41) is 3.75. The van der Waals surface area contributed by atoms with Crippen molar-refractivity contribution in [2.24, 2.45) is 0 Å². The molecule has 1 aliphatic rings. The predicted molar refractivity (Wildman–Crippen MR) is 236 cm³/mol. The van der Waals surface area contributed by atoms with Crippen LogP contribution in [0.4, 0.5) is 5.69 Å². The van der Waals surface area contributed by atoms with Gasteiger partial charge in [0.15, 0.2) is 0 Å². The summed E-state index contributed by atoms with van der Waals surface area (Å²) in [5.41, 5.74) is 14.4. The molecule has 1 atom stereocenters. The number of rotatable bonds is 17. The molecule has 0 fully saturated rings. The summed E-state index contributed by atoms with van der Waals surface area (Å²) < 4.78 is 0. The topological polar surface area (TPSA) is 12.0 Å². The fraction of sp³-hybridized carbons (Fsp3) is 0.283. The molecule has 0 amide bonds. The van der Waals surface area contributed by atoms with E-state index in [-0.39, 0.29) is 10.8 Å². The Kier molecular flexibility index (Phi) is 11.8. The zero-order chi connectivity index (χ0) is 38.3. The van der Waals surface area contributed by atoms with Crippen molar-refractivity contribution in [2.45, 2.75) is 95.8 Å². The molecule has 6 rings (SSSR count). The van der Waals surface area contributed by atoms with Crippen LogP contribution in [-0.4, -0.2) is 0 Å². The monoisotopic (exact) mass is 709 g/mol. The number of fused-ring (bicyclic) bond motifs is 3. The average molecular weight is 710 g/mol. The van der Waals surface area contributed by atoms with Crippen molar-refractivity contribution in [1.29, 1.82) is 0 Å². The van der Waals surface area contributed by atoms with Crippen LogP contribution >= 0.6 is 0 Å². The van der Waals surface area contributed by atoms with Crippen LogP contribution in [0.5, 0.6) is 0 Å². The van der Waals surface area contributed by atoms with E-state index in [0.717, 1.165) is 54.6 Å². The largest absolute Gasteiger partial charge is 0.359 e. The summed E-state index contributed by atoms with van der Waals surface area (Å²) in [4.78, 5) is 0. The van der Waals surface area contributed by atoms with E-state index in [4.69, 9.17) is 0 Å². The van der Waals surface area contributed by atoms with E-state index in [2.05, 4.69) is 181 Å². The molecule has 0 heterocycles. The van der Waals surface area contributed by atoms with E-state index in [1.807, 2.05) is 18.2 Å². The van der Waals surface area contributed by atoms with Crippen LogP contribution in [0, 0.1) is 0 Å². The third kappa shape index (κ3) is 6.32. The summed E-state index contributed by atoms with van der Waals surface area (Å²) >= 11 is 0. The van der Waals surface area contributed by atoms with Crippen molar-refractivity contribution < 1.29 is 0 Å². The van der Waals surface area contributed by atoms with Gasteiger partial charge in [0.1, 0.15) is 0 Å². The van der Waals surface area contributed by atoms with E-state index >= 15 is 0 Å². The molecule has 0 saturated heterocycles. The Hall–Kier alpha value is -5.14. The Morgan fingerprint density at radius 3 is 1.67 bits per heavy atom. The lowest BCUT2D eigenvalue weighted by Gasteiger charge is -2.52. The molecule has 0 spiro atoms. The predicted octanol–water partition coefficient (Wildman–Crippen LogP) is 14.8. The molecule has 5 aromatic carbocycles. The van der Waals surface area contributed by atoms with Crippen molar-refractivity contribution in [1.82, 2.24) is 0 Å². The first kappa shape index (κ1) is 38.6. The zero-order valence-electron chi connectivity index (χ0n) is 33.4. The third-order valence-corrected chi connectivity index (χ3v) is 12.9. The number of unbranched alkanes of at least 4 members (excludes halogenated alkanes) is 1. The lowest BCUT2D eigenvalue weighted by molar-refractivity contribution is 0.166. The fourth-order valence-electron chi connectivity index (χ4n) is 10.0. The highest BCUT2D eigenvalue weighted by atomic mass is 14.9. The van der Waals surface area contributed by atoms with Gasteiger partial charge in [0.05, 0.1) is 5.41 Å². The van der Waals surface area contributed by atoms with E-state index in [1.165, 1.54) is 57.3 Å². The highest BCUT2D eigenvalue weighted by molar-refractivity contribution is 5.88. The van der Waals surface area contributed by atoms with E-state index < -0.39 is 5.41 Å². The number of allylic oxidation sites excluding steroid dienone is 3. The summed E-state index contributed by atoms with van der Waals surface area (Å²) in [6.45, 7) is 24.0. The van der Waals surface area contributed by atoms with Crippen LogP contribution < -0.4 is 5.32 Å². The minimum Gasteiger partial charge on any atom is -0.359 e. The number of hydrogen-bond acceptors (Lipinski definition) is 1. The molecule has 0 bridgehead atoms. The Balaban J connectivity index is 1.73. The number of nitrogens with one attached hydrogen (secondary N) is 1. The second-order valence-corrected chi connectivity index (χ2v) is 15.0. The van der Waals surface area contributed by atoms with Crippen molar-refractivity contribution >= 4 is 17.8 Å². The van der Waals surface area contributed by atoms with Gasteiger partial charge < -0.3 is 5.32 Å². The molecule has 276 valence electrons. The molecule has 1 N–H and O–H groups in total. The maximum atomic E-state index is 4.09. The molecule has 0 saturated carbocycles. The Bertz CT molecular complexity index is 2060. The lowest BCUT2D eigenvalue weighted by atomic mass is 9.51. The van der Waals surface area contributed by atoms with Crippen molar-refractivity contribution in [3.63, 3.8) is 0 Å². The van der Waals surface area contributed by atoms with Gasteiger partial charge >= 0.3 is 0 Å². The Morgan fingerprint density at radius 1 is 0.611 bits per heavy atom. The van der Waals surface area contributed by atoms with Crippen molar-refractivity contribution in [3.8, 4) is 11.1 Å². The van der Waals surface area contributed by atoms with Crippen LogP contribution in [0.15, 0.2) is 153 Å². The molecule has 5 aromatic rings. The van der Waals surface area contributed by atoms with E-state index in [0.29, 0.717) is 0 Å². The quantitative estimate of drug-likeness (QED) is 0.0930. The van der Waals surface area contributed by atoms with E-state index in [9.17, 15) is 0 Å². The lowest BCUT2D eigenvalue weighted by Crippen LogP contribution is -2.48. The summed E-state index contributed by atoms with van der Waals surface area (Å²) in [6, 6.07) is 44.2. The highest BCUT2D eigenvalue weighted by Crippen LogP contribution is 2.60. The number of anilines is 1. The standard InChI is InChI=1S/C53H59N/c1-9-17-36-52(16-8,51(14-6,15-7)41-22-19-18-20-23-41)44-32-34-47-48-35-33-46(54-45(13-5)21-10-2)38-50(48)53(49(47)37-44,42-28-24-39(11-3)25-29-42)43-30-26-40(12-4)27-31-43/h10-12,18-35,37-38,54H,2-4,9,13-17,36H2,1,5-8H3/b45-21+. The first-order chi connectivity index (χ1) is 26.4. The molecule has 1 unspecified atom stereocenters. The van der Waals surface area contributed by atoms with Crippen LogP contribution in [0.3, 0.4) is 0 Å². The van der Waals surface area contributed by atoms with Crippen LogP contribution in [0.2, 0.25) is 0 Å². The Morgan fingerprint density at radius 2 is 1.17 bits per heavy atom. The molecule has 54 heavy (non-hydrogen) atoms. The van der Waals surface area contributed by atoms with Crippen LogP contribution in [0.25, 0.3) is 23.3 Å². The number of benzene rings is 5. The zero-order valence-corrected chi connectivity index (χ0v) is 33.4. The summed E-state index contributed by atoms with van der Waals surface area (Å²) in [5.74, 6) is 0. The van der Waals surface area contributed by atoms with Gasteiger partial charge in [-0.2, -0.15) is 0 Å². The van der Waals surface area contributed by atoms with Crippen LogP contribution in [-0.2, 0) is 16.2 Å². The molecular weight excluding hydrogens is 651 g/mol. The van der Waals surface area contributed by atoms with Gasteiger partial charge in [0.2, 0.25) is 0 Å². The van der Waals surface area contributed by atoms with Gasteiger partial charge in [0, 0.05) is 22.2 Å². The molecule has 1 aliphatic carbocycles. The highest BCUT2D eigenvalue weighted by Gasteiger charge is 2.52. The molecule has 0 aromatic heterocycles. The van der Waals surface area contributed by atoms with Gasteiger partial charge in [-0.25, -0.2) is 0 Å². The second-order valence-electron chi connectivity index (χ2n) is 15.0. The number of hydrogen-bond donors (Lipinski definition) is 1. The maximum Gasteiger partial charge on any atom is 0.0714 e. The van der Waals surface area contributed by atoms with Crippen molar-refractivity contribution in [2.75, 3.05) is 5.32 Å². The Labute approximate surface area is 326 Å². The van der Waals surface area contributed by atoms with Crippen LogP contribution in [0.1, 0.15) is 124 Å². The van der Waals surface area contributed by atoms with Gasteiger partial charge in [0.25, 0.3) is 0 Å². The van der Waals surface area contributed by atoms with Gasteiger partial charge in [-0.05, 0) is 106 Å². The molecule has 1 heteroatoms. The molecule has 0 radical (unpaired) electrons. The molecular formula is C53H59N. The van der Waals surface area contributed by atoms with Gasteiger partial charge in [-0.3, -0.25) is 0 Å². The normalized spacial score (nSPS) is 14.4. The molecule has 0 aliphatic heterocycles. The van der Waals surface area contributed by atoms with Gasteiger partial charge in [-0.1, -0.05) is 189 Å². The maximum absolute atomic E-state index is 4.09. The first-order valence-electron chi connectivity index (χ1n) is 20.3. The fourth-order valence-corrected chi connectivity index (χ4v) is 10.0. The smallest absolute Gasteiger partial charge is 0.0714 e. The summed E-state index contributed by atoms with van der Waals surface area (Å²) in [6.07, 6.45) is 15.4. The summed E-state index contributed by atoms with van der Waals surface area (Å²) in [7, 11) is 0. The second kappa shape index (κ2) is 16.5. The van der Waals surface area contributed by atoms with Gasteiger partial charge in [-0.15, -0.1) is 0 Å². The molecule has 1 nitrogen and oxygen atoms in total. The minimum absolute atomic E-state index is 0.0249. The van der Waals surface area contributed by atoms with Crippen molar-refractivity contribution in [3.05, 3.63) is 197 Å². The third-order valence-electron chi connectivity index (χ3n) is 12.9. The minimum atomic E-state index is -0.565. The average Bonchev–Trinajstić information content (AvgIpc) is 3.52. The van der Waals surface area contributed by atoms with E-state index in [1.54, 1.807) is 0 Å². The first-order valence-corrected chi connectivity index (χ1v) is 20.3. The SMILES string of the molecule is C=C/C=C(\CC)Nc1ccc2c(c1)C(c1ccc(C=C)cc1)(c1ccc(C=C)cc1)c1cc(C(CC)(CCCC)C(CC)(CC)c3ccccc3)ccc1-2.